The Morgan fingerprint density at radius 3 is 2.86 bits per heavy atom. The molecule has 0 bridgehead atoms. The van der Waals surface area contributed by atoms with Gasteiger partial charge in [0.1, 0.15) is 5.75 Å². The molecule has 0 fully saturated rings. The summed E-state index contributed by atoms with van der Waals surface area (Å²) in [4.78, 5) is 0.852. The fourth-order valence-corrected chi connectivity index (χ4v) is 2.89. The predicted octanol–water partition coefficient (Wildman–Crippen LogP) is 2.82. The molecule has 0 saturated carbocycles. The Bertz CT molecular complexity index is 462. The summed E-state index contributed by atoms with van der Waals surface area (Å²) in [5.74, 6) is 0.292. The smallest absolute Gasteiger partial charge is 0.138 e. The number of benzene rings is 1. The fraction of sp³-hybridized carbons (Fsp3) is 0.200. The molecule has 0 aliphatic rings. The molecule has 0 atom stereocenters. The van der Waals surface area contributed by atoms with Crippen molar-refractivity contribution in [3.8, 4) is 5.75 Å². The van der Waals surface area contributed by atoms with Gasteiger partial charge in [0.25, 0.3) is 0 Å². The monoisotopic (exact) mass is 226 g/mol. The van der Waals surface area contributed by atoms with Gasteiger partial charge in [0.15, 0.2) is 0 Å². The van der Waals surface area contributed by atoms with Gasteiger partial charge in [-0.05, 0) is 29.3 Å². The molecule has 0 spiro atoms. The number of phenols is 1. The van der Waals surface area contributed by atoms with Gasteiger partial charge in [-0.25, -0.2) is 0 Å². The van der Waals surface area contributed by atoms with E-state index in [-0.39, 0.29) is 6.61 Å². The summed E-state index contributed by atoms with van der Waals surface area (Å²) in [6.07, 6.45) is 1.92. The predicted molar refractivity (Wildman–Crippen MR) is 61.2 cm³/mol. The number of aromatic hydroxyl groups is 1. The molecule has 0 radical (unpaired) electrons. The molecule has 74 valence electrons. The molecule has 2 aromatic rings. The highest BCUT2D eigenvalue weighted by atomic mass is 32.2. The average Bonchev–Trinajstić information content (AvgIpc) is 2.62. The molecule has 0 amide bonds. The van der Waals surface area contributed by atoms with Crippen LogP contribution in [-0.4, -0.2) is 16.5 Å². The van der Waals surface area contributed by atoms with E-state index >= 15 is 0 Å². The number of thioether (sulfide) groups is 1. The lowest BCUT2D eigenvalue weighted by Gasteiger charge is -2.03. The van der Waals surface area contributed by atoms with Crippen LogP contribution in [0.1, 0.15) is 5.56 Å². The SMILES string of the molecule is CSc1ccc2scc(CO)c2c1O. The topological polar surface area (TPSA) is 40.5 Å². The van der Waals surface area contributed by atoms with Crippen LogP contribution in [0.15, 0.2) is 22.4 Å². The molecule has 0 saturated heterocycles. The van der Waals surface area contributed by atoms with E-state index in [9.17, 15) is 5.11 Å². The number of hydrogen-bond acceptors (Lipinski definition) is 4. The minimum atomic E-state index is -0.0224. The first-order valence-electron chi connectivity index (χ1n) is 4.14. The molecule has 14 heavy (non-hydrogen) atoms. The molecule has 0 aliphatic heterocycles. The second kappa shape index (κ2) is 3.81. The number of aliphatic hydroxyl groups excluding tert-OH is 1. The number of phenolic OH excluding ortho intramolecular Hbond substituents is 1. The first-order valence-corrected chi connectivity index (χ1v) is 6.25. The molecule has 1 aromatic heterocycles. The summed E-state index contributed by atoms with van der Waals surface area (Å²) in [7, 11) is 0. The van der Waals surface area contributed by atoms with Crippen molar-refractivity contribution in [1.29, 1.82) is 0 Å². The van der Waals surface area contributed by atoms with Gasteiger partial charge in [0.2, 0.25) is 0 Å². The molecular weight excluding hydrogens is 216 g/mol. The Hall–Kier alpha value is -0.710. The van der Waals surface area contributed by atoms with Crippen molar-refractivity contribution in [1.82, 2.24) is 0 Å². The van der Waals surface area contributed by atoms with E-state index in [1.165, 1.54) is 11.8 Å². The maximum Gasteiger partial charge on any atom is 0.138 e. The van der Waals surface area contributed by atoms with Gasteiger partial charge in [0, 0.05) is 15.0 Å². The van der Waals surface area contributed by atoms with Crippen LogP contribution < -0.4 is 0 Å². The zero-order valence-electron chi connectivity index (χ0n) is 7.65. The van der Waals surface area contributed by atoms with Gasteiger partial charge in [-0.3, -0.25) is 0 Å². The summed E-state index contributed by atoms with van der Waals surface area (Å²) in [6, 6.07) is 3.88. The molecule has 2 rings (SSSR count). The second-order valence-electron chi connectivity index (χ2n) is 2.91. The zero-order valence-corrected chi connectivity index (χ0v) is 9.28. The summed E-state index contributed by atoms with van der Waals surface area (Å²) >= 11 is 3.05. The highest BCUT2D eigenvalue weighted by Gasteiger charge is 2.10. The van der Waals surface area contributed by atoms with Crippen LogP contribution in [0.25, 0.3) is 10.1 Å². The Kier molecular flexibility index (Phi) is 2.67. The molecule has 4 heteroatoms. The van der Waals surface area contributed by atoms with Crippen molar-refractivity contribution in [2.24, 2.45) is 0 Å². The van der Waals surface area contributed by atoms with E-state index in [1.807, 2.05) is 23.8 Å². The third-order valence-corrected chi connectivity index (χ3v) is 3.91. The van der Waals surface area contributed by atoms with Gasteiger partial charge in [-0.15, -0.1) is 23.1 Å². The summed E-state index contributed by atoms with van der Waals surface area (Å²) in [5.41, 5.74) is 0.804. The van der Waals surface area contributed by atoms with Crippen molar-refractivity contribution in [3.05, 3.63) is 23.1 Å². The van der Waals surface area contributed by atoms with Crippen LogP contribution >= 0.6 is 23.1 Å². The second-order valence-corrected chi connectivity index (χ2v) is 4.67. The van der Waals surface area contributed by atoms with Gasteiger partial charge >= 0.3 is 0 Å². The molecule has 2 N–H and O–H groups in total. The first kappa shape index (κ1) is 9.83. The molecular formula is C10H10O2S2. The normalized spacial score (nSPS) is 11.0. The van der Waals surface area contributed by atoms with E-state index in [4.69, 9.17) is 5.11 Å². The number of fused-ring (bicyclic) bond motifs is 1. The number of rotatable bonds is 2. The largest absolute Gasteiger partial charge is 0.506 e. The third-order valence-electron chi connectivity index (χ3n) is 2.14. The Morgan fingerprint density at radius 2 is 2.21 bits per heavy atom. The van der Waals surface area contributed by atoms with E-state index in [0.717, 1.165) is 20.5 Å². The van der Waals surface area contributed by atoms with Crippen molar-refractivity contribution in [2.45, 2.75) is 11.5 Å². The quantitative estimate of drug-likeness (QED) is 0.774. The number of thiophene rings is 1. The van der Waals surface area contributed by atoms with Gasteiger partial charge < -0.3 is 10.2 Å². The lowest BCUT2D eigenvalue weighted by Crippen LogP contribution is -1.81. The maximum absolute atomic E-state index is 9.93. The maximum atomic E-state index is 9.93. The minimum Gasteiger partial charge on any atom is -0.506 e. The van der Waals surface area contributed by atoms with Gasteiger partial charge in [-0.1, -0.05) is 0 Å². The first-order chi connectivity index (χ1) is 6.77. The Morgan fingerprint density at radius 1 is 1.43 bits per heavy atom. The van der Waals surface area contributed by atoms with Crippen molar-refractivity contribution in [2.75, 3.05) is 6.26 Å². The molecule has 2 nitrogen and oxygen atoms in total. The van der Waals surface area contributed by atoms with Crippen molar-refractivity contribution >= 4 is 33.2 Å². The van der Waals surface area contributed by atoms with E-state index < -0.39 is 0 Å². The fourth-order valence-electron chi connectivity index (χ4n) is 1.44. The average molecular weight is 226 g/mol. The third kappa shape index (κ3) is 1.39. The molecule has 1 aromatic carbocycles. The lowest BCUT2D eigenvalue weighted by molar-refractivity contribution is 0.283. The van der Waals surface area contributed by atoms with Gasteiger partial charge in [0.05, 0.1) is 6.61 Å². The van der Waals surface area contributed by atoms with E-state index in [1.54, 1.807) is 11.3 Å². The zero-order chi connectivity index (χ0) is 10.1. The summed E-state index contributed by atoms with van der Waals surface area (Å²) in [5, 5.41) is 21.7. The molecule has 0 aliphatic carbocycles. The summed E-state index contributed by atoms with van der Waals surface area (Å²) in [6.45, 7) is -0.0224. The minimum absolute atomic E-state index is 0.0224. The van der Waals surface area contributed by atoms with Gasteiger partial charge in [-0.2, -0.15) is 0 Å². The number of hydrogen-bond donors (Lipinski definition) is 2. The van der Waals surface area contributed by atoms with Crippen molar-refractivity contribution < 1.29 is 10.2 Å². The summed E-state index contributed by atoms with van der Waals surface area (Å²) < 4.78 is 1.02. The van der Waals surface area contributed by atoms with Crippen LogP contribution in [0.4, 0.5) is 0 Å². The van der Waals surface area contributed by atoms with Crippen LogP contribution in [0, 0.1) is 0 Å². The van der Waals surface area contributed by atoms with E-state index in [0.29, 0.717) is 5.75 Å². The Balaban J connectivity index is 2.77. The highest BCUT2D eigenvalue weighted by molar-refractivity contribution is 7.98. The van der Waals surface area contributed by atoms with Crippen LogP contribution in [0.5, 0.6) is 5.75 Å². The molecule has 1 heterocycles. The van der Waals surface area contributed by atoms with E-state index in [2.05, 4.69) is 0 Å². The lowest BCUT2D eigenvalue weighted by atomic mass is 10.1. The molecule has 0 unspecified atom stereocenters. The van der Waals surface area contributed by atoms with Crippen LogP contribution in [-0.2, 0) is 6.61 Å². The number of aliphatic hydroxyl groups is 1. The van der Waals surface area contributed by atoms with Crippen LogP contribution in [0.2, 0.25) is 0 Å². The standard InChI is InChI=1S/C10H10O2S2/c1-13-8-3-2-7-9(10(8)12)6(4-11)5-14-7/h2-3,5,11-12H,4H2,1H3. The Labute approximate surface area is 90.2 Å². The highest BCUT2D eigenvalue weighted by Crippen LogP contribution is 2.39. The van der Waals surface area contributed by atoms with Crippen LogP contribution in [0.3, 0.4) is 0 Å². The van der Waals surface area contributed by atoms with Crippen molar-refractivity contribution in [3.63, 3.8) is 0 Å².